The number of rotatable bonds is 4. The van der Waals surface area contributed by atoms with Crippen molar-refractivity contribution in [2.75, 3.05) is 7.11 Å². The molecule has 1 heterocycles. The zero-order valence-electron chi connectivity index (χ0n) is 10.4. The Kier molecular flexibility index (Phi) is 3.68. The van der Waals surface area contributed by atoms with E-state index in [1.165, 1.54) is 25.4 Å². The fraction of sp³-hybridized carbons (Fsp3) is 0.250. The molecule has 0 fully saturated rings. The van der Waals surface area contributed by atoms with Crippen molar-refractivity contribution < 1.29 is 29.6 Å². The molecule has 0 amide bonds. The van der Waals surface area contributed by atoms with E-state index in [-0.39, 0.29) is 11.1 Å². The number of esters is 1. The van der Waals surface area contributed by atoms with Crippen LogP contribution in [-0.2, 0) is 9.53 Å². The van der Waals surface area contributed by atoms with Crippen molar-refractivity contribution in [3.63, 3.8) is 0 Å². The van der Waals surface area contributed by atoms with E-state index < -0.39 is 24.1 Å². The summed E-state index contributed by atoms with van der Waals surface area (Å²) in [4.78, 5) is 22.4. The van der Waals surface area contributed by atoms with Gasteiger partial charge < -0.3 is 20.1 Å². The van der Waals surface area contributed by atoms with E-state index in [0.717, 1.165) is 0 Å². The lowest BCUT2D eigenvalue weighted by Gasteiger charge is -2.15. The molecule has 0 saturated carbocycles. The average molecular weight is 280 g/mol. The number of carboxylic acid groups (broad SMARTS) is 1. The lowest BCUT2D eigenvalue weighted by molar-refractivity contribution is -0.153. The van der Waals surface area contributed by atoms with Gasteiger partial charge in [0.2, 0.25) is 0 Å². The first-order chi connectivity index (χ1) is 9.45. The Hall–Kier alpha value is -2.45. The van der Waals surface area contributed by atoms with Crippen molar-refractivity contribution in [2.45, 2.75) is 12.2 Å². The van der Waals surface area contributed by atoms with Crippen LogP contribution < -0.4 is 0 Å². The molecule has 1 aromatic heterocycles. The van der Waals surface area contributed by atoms with Crippen molar-refractivity contribution in [2.24, 2.45) is 0 Å². The quantitative estimate of drug-likeness (QED) is 0.571. The summed E-state index contributed by atoms with van der Waals surface area (Å²) in [6, 6.07) is 2.67. The minimum absolute atomic E-state index is 0.0667. The van der Waals surface area contributed by atoms with Gasteiger partial charge in [-0.3, -0.25) is 5.10 Å². The zero-order valence-corrected chi connectivity index (χ0v) is 10.4. The number of benzene rings is 1. The monoisotopic (exact) mass is 280 g/mol. The Labute approximate surface area is 112 Å². The Morgan fingerprint density at radius 3 is 2.65 bits per heavy atom. The first-order valence-electron chi connectivity index (χ1n) is 5.60. The van der Waals surface area contributed by atoms with E-state index in [0.29, 0.717) is 10.9 Å². The highest BCUT2D eigenvalue weighted by Gasteiger charge is 2.27. The largest absolute Gasteiger partial charge is 0.479 e. The van der Waals surface area contributed by atoms with Crippen molar-refractivity contribution in [3.05, 3.63) is 29.5 Å². The molecule has 0 aliphatic rings. The van der Waals surface area contributed by atoms with Crippen molar-refractivity contribution in [3.8, 4) is 0 Å². The summed E-state index contributed by atoms with van der Waals surface area (Å²) in [6.07, 6.45) is -2.27. The first kappa shape index (κ1) is 14.0. The highest BCUT2D eigenvalue weighted by atomic mass is 16.5. The van der Waals surface area contributed by atoms with Crippen LogP contribution in [0, 0.1) is 0 Å². The zero-order chi connectivity index (χ0) is 14.9. The van der Waals surface area contributed by atoms with Gasteiger partial charge in [-0.25, -0.2) is 9.59 Å². The second kappa shape index (κ2) is 5.27. The number of carboxylic acids is 1. The van der Waals surface area contributed by atoms with Crippen LogP contribution in [0.2, 0.25) is 0 Å². The third-order valence-electron chi connectivity index (χ3n) is 2.88. The number of nitrogens with zero attached hydrogens (tertiary/aromatic N) is 1. The number of ether oxygens (including phenoxy) is 1. The molecule has 8 heteroatoms. The van der Waals surface area contributed by atoms with E-state index >= 15 is 0 Å². The van der Waals surface area contributed by atoms with Gasteiger partial charge in [-0.2, -0.15) is 5.10 Å². The summed E-state index contributed by atoms with van der Waals surface area (Å²) in [5.41, 5.74) is 0.599. The predicted molar refractivity (Wildman–Crippen MR) is 66.0 cm³/mol. The van der Waals surface area contributed by atoms with Gasteiger partial charge in [0.25, 0.3) is 0 Å². The number of carbonyl (C=O) groups is 2. The number of fused-ring (bicyclic) bond motifs is 1. The Balaban J connectivity index is 2.55. The summed E-state index contributed by atoms with van der Waals surface area (Å²) >= 11 is 0. The number of aliphatic carboxylic acids is 1. The molecule has 106 valence electrons. The van der Waals surface area contributed by atoms with Crippen LogP contribution in [0.25, 0.3) is 10.9 Å². The van der Waals surface area contributed by atoms with E-state index in [4.69, 9.17) is 5.11 Å². The molecule has 0 bridgehead atoms. The molecule has 0 spiro atoms. The third-order valence-corrected chi connectivity index (χ3v) is 2.88. The molecule has 20 heavy (non-hydrogen) atoms. The number of aliphatic hydroxyl groups is 2. The van der Waals surface area contributed by atoms with Gasteiger partial charge in [-0.05, 0) is 17.7 Å². The fourth-order valence-electron chi connectivity index (χ4n) is 1.84. The van der Waals surface area contributed by atoms with Crippen LogP contribution in [0.4, 0.5) is 0 Å². The summed E-state index contributed by atoms with van der Waals surface area (Å²) < 4.78 is 4.62. The van der Waals surface area contributed by atoms with Gasteiger partial charge in [0.15, 0.2) is 6.10 Å². The molecule has 2 atom stereocenters. The highest BCUT2D eigenvalue weighted by molar-refractivity contribution is 6.03. The van der Waals surface area contributed by atoms with Gasteiger partial charge >= 0.3 is 11.9 Å². The molecule has 0 aliphatic carbocycles. The number of aromatic nitrogens is 2. The minimum Gasteiger partial charge on any atom is -0.479 e. The summed E-state index contributed by atoms with van der Waals surface area (Å²) in [7, 11) is 1.20. The number of hydrogen-bond donors (Lipinski definition) is 4. The van der Waals surface area contributed by atoms with Crippen LogP contribution in [0.5, 0.6) is 0 Å². The molecular formula is C12H12N2O6. The SMILES string of the molecule is COC(=O)c1cc(C(O)C(O)C(=O)O)cc2[nH]ncc12. The summed E-state index contributed by atoms with van der Waals surface area (Å²) in [6.45, 7) is 0. The maximum atomic E-state index is 11.7. The second-order valence-corrected chi connectivity index (χ2v) is 4.12. The molecule has 1 aromatic carbocycles. The number of H-pyrrole nitrogens is 1. The van der Waals surface area contributed by atoms with Gasteiger partial charge in [0.1, 0.15) is 6.10 Å². The third kappa shape index (κ3) is 2.33. The minimum atomic E-state index is -2.00. The molecular weight excluding hydrogens is 268 g/mol. The molecule has 0 aliphatic heterocycles. The molecule has 2 aromatic rings. The number of aliphatic hydroxyl groups excluding tert-OH is 2. The van der Waals surface area contributed by atoms with E-state index in [9.17, 15) is 19.8 Å². The number of aromatic amines is 1. The Morgan fingerprint density at radius 2 is 2.05 bits per heavy atom. The van der Waals surface area contributed by atoms with Gasteiger partial charge in [0, 0.05) is 5.39 Å². The van der Waals surface area contributed by atoms with E-state index in [2.05, 4.69) is 14.9 Å². The number of nitrogens with one attached hydrogen (secondary N) is 1. The maximum Gasteiger partial charge on any atom is 0.338 e. The van der Waals surface area contributed by atoms with Crippen molar-refractivity contribution in [1.82, 2.24) is 10.2 Å². The van der Waals surface area contributed by atoms with Crippen LogP contribution in [0.1, 0.15) is 22.0 Å². The van der Waals surface area contributed by atoms with Crippen LogP contribution >= 0.6 is 0 Å². The maximum absolute atomic E-state index is 11.7. The second-order valence-electron chi connectivity index (χ2n) is 4.12. The van der Waals surface area contributed by atoms with Gasteiger partial charge in [-0.1, -0.05) is 0 Å². The number of carbonyl (C=O) groups excluding carboxylic acids is 1. The molecule has 0 radical (unpaired) electrons. The Morgan fingerprint density at radius 1 is 1.35 bits per heavy atom. The topological polar surface area (TPSA) is 133 Å². The predicted octanol–water partition coefficient (Wildman–Crippen LogP) is -0.172. The van der Waals surface area contributed by atoms with E-state index in [1.807, 2.05) is 0 Å². The normalized spacial score (nSPS) is 13.9. The summed E-state index contributed by atoms with van der Waals surface area (Å²) in [5.74, 6) is -2.22. The van der Waals surface area contributed by atoms with E-state index in [1.54, 1.807) is 0 Å². The average Bonchev–Trinajstić information content (AvgIpc) is 2.91. The highest BCUT2D eigenvalue weighted by Crippen LogP contribution is 2.25. The van der Waals surface area contributed by atoms with Crippen LogP contribution in [0.15, 0.2) is 18.3 Å². The number of methoxy groups -OCH3 is 1. The van der Waals surface area contributed by atoms with Gasteiger partial charge in [-0.15, -0.1) is 0 Å². The standard InChI is InChI=1S/C12H12N2O6/c1-20-12(19)6-2-5(9(15)10(16)11(17)18)3-8-7(6)4-13-14-8/h2-4,9-10,15-16H,1H3,(H,13,14)(H,17,18). The van der Waals surface area contributed by atoms with Crippen molar-refractivity contribution >= 4 is 22.8 Å². The van der Waals surface area contributed by atoms with Crippen molar-refractivity contribution in [1.29, 1.82) is 0 Å². The molecule has 2 rings (SSSR count). The smallest absolute Gasteiger partial charge is 0.338 e. The molecule has 8 nitrogen and oxygen atoms in total. The molecule has 0 saturated heterocycles. The fourth-order valence-corrected chi connectivity index (χ4v) is 1.84. The lowest BCUT2D eigenvalue weighted by Crippen LogP contribution is -2.27. The van der Waals surface area contributed by atoms with Crippen LogP contribution in [0.3, 0.4) is 0 Å². The van der Waals surface area contributed by atoms with Crippen LogP contribution in [-0.4, -0.2) is 50.7 Å². The number of hydrogen-bond acceptors (Lipinski definition) is 6. The Bertz CT molecular complexity index is 665. The summed E-state index contributed by atoms with van der Waals surface area (Å²) in [5, 5.41) is 34.7. The van der Waals surface area contributed by atoms with Gasteiger partial charge in [0.05, 0.1) is 24.4 Å². The molecule has 4 N–H and O–H groups in total. The lowest BCUT2D eigenvalue weighted by atomic mass is 9.99. The molecule has 2 unspecified atom stereocenters. The first-order valence-corrected chi connectivity index (χ1v) is 5.60.